The summed E-state index contributed by atoms with van der Waals surface area (Å²) in [7, 11) is 0. The van der Waals surface area contributed by atoms with Gasteiger partial charge in [0.1, 0.15) is 5.60 Å². The van der Waals surface area contributed by atoms with Gasteiger partial charge in [-0.3, -0.25) is 14.5 Å². The van der Waals surface area contributed by atoms with Crippen LogP contribution in [-0.4, -0.2) is 82.8 Å². The van der Waals surface area contributed by atoms with Gasteiger partial charge in [-0.15, -0.1) is 0 Å². The summed E-state index contributed by atoms with van der Waals surface area (Å²) in [5.74, 6) is -0.964. The number of allylic oxidation sites excluding steroid dienone is 5. The van der Waals surface area contributed by atoms with Gasteiger partial charge in [0.15, 0.2) is 0 Å². The van der Waals surface area contributed by atoms with E-state index in [4.69, 9.17) is 0 Å². The molecule has 208 valence electrons. The van der Waals surface area contributed by atoms with Crippen molar-refractivity contribution in [3.8, 4) is 0 Å². The molecule has 0 aromatic carbocycles. The molecule has 1 aliphatic carbocycles. The van der Waals surface area contributed by atoms with E-state index in [9.17, 15) is 27.9 Å². The quantitative estimate of drug-likeness (QED) is 0.345. The fourth-order valence-electron chi connectivity index (χ4n) is 6.31. The average Bonchev–Trinajstić information content (AvgIpc) is 3.51. The molecule has 2 amide bonds. The predicted octanol–water partition coefficient (Wildman–Crippen LogP) is 3.12. The molecule has 2 atom stereocenters. The van der Waals surface area contributed by atoms with E-state index in [1.165, 1.54) is 13.0 Å². The van der Waals surface area contributed by atoms with E-state index in [2.05, 4.69) is 22.1 Å². The molecule has 7 nitrogen and oxygen atoms in total. The summed E-state index contributed by atoms with van der Waals surface area (Å²) in [6, 6.07) is 0.667. The monoisotopic (exact) mass is 534 g/mol. The number of likely N-dealkylation sites (tertiary alicyclic amines) is 2. The van der Waals surface area contributed by atoms with Crippen molar-refractivity contribution in [3.63, 3.8) is 0 Å². The van der Waals surface area contributed by atoms with Gasteiger partial charge in [0.2, 0.25) is 5.91 Å². The minimum atomic E-state index is -4.62. The third-order valence-electron chi connectivity index (χ3n) is 8.33. The van der Waals surface area contributed by atoms with E-state index in [-0.39, 0.29) is 30.1 Å². The number of carbonyl (C=O) groups is 2. The van der Waals surface area contributed by atoms with Crippen molar-refractivity contribution in [3.05, 3.63) is 59.9 Å². The van der Waals surface area contributed by atoms with Gasteiger partial charge in [-0.25, -0.2) is 0 Å². The molecule has 3 heterocycles. The zero-order chi connectivity index (χ0) is 27.5. The number of amides is 2. The summed E-state index contributed by atoms with van der Waals surface area (Å²) in [6.45, 7) is 6.57. The molecule has 2 unspecified atom stereocenters. The molecule has 0 bridgehead atoms. The standard InChI is InChI=1S/C28H37F3N4O3/c1-3-19(17-20(4-2)28(29,30)31)26(37)33-18-25(36)35-16-11-22-23(35)10-15-34(22)21-8-12-27(38,13-9-21)24-7-5-6-14-32-24/h3-7,17,21-23,32,38H,2,8-16,18H2,1H3,(H,33,37)/b19-3+,20-17+. The number of nitrogens with one attached hydrogen (secondary N) is 2. The Hall–Kier alpha value is -2.85. The topological polar surface area (TPSA) is 84.9 Å². The number of halogens is 3. The van der Waals surface area contributed by atoms with Crippen LogP contribution >= 0.6 is 0 Å². The molecule has 0 aromatic heterocycles. The number of rotatable bonds is 7. The minimum Gasteiger partial charge on any atom is -0.384 e. The Morgan fingerprint density at radius 1 is 1.21 bits per heavy atom. The Morgan fingerprint density at radius 2 is 1.92 bits per heavy atom. The van der Waals surface area contributed by atoms with Gasteiger partial charge in [-0.1, -0.05) is 30.9 Å². The highest BCUT2D eigenvalue weighted by Crippen LogP contribution is 2.40. The number of hydrogen-bond donors (Lipinski definition) is 3. The van der Waals surface area contributed by atoms with Gasteiger partial charge >= 0.3 is 6.18 Å². The fraction of sp³-hybridized carbons (Fsp3) is 0.571. The van der Waals surface area contributed by atoms with Gasteiger partial charge in [-0.05, 0) is 57.6 Å². The van der Waals surface area contributed by atoms with Crippen molar-refractivity contribution < 1.29 is 27.9 Å². The van der Waals surface area contributed by atoms with Crippen LogP contribution < -0.4 is 10.6 Å². The van der Waals surface area contributed by atoms with Crippen molar-refractivity contribution in [2.24, 2.45) is 0 Å². The molecule has 38 heavy (non-hydrogen) atoms. The lowest BCUT2D eigenvalue weighted by atomic mass is 9.78. The Bertz CT molecular complexity index is 1050. The molecule has 0 spiro atoms. The largest absolute Gasteiger partial charge is 0.416 e. The van der Waals surface area contributed by atoms with Gasteiger partial charge < -0.3 is 20.6 Å². The summed E-state index contributed by atoms with van der Waals surface area (Å²) in [6.07, 6.45) is 8.85. The maximum absolute atomic E-state index is 13.0. The van der Waals surface area contributed by atoms with Crippen molar-refractivity contribution in [2.75, 3.05) is 26.2 Å². The number of dihydropyridines is 1. The number of hydrogen-bond acceptors (Lipinski definition) is 5. The molecule has 3 aliphatic heterocycles. The zero-order valence-electron chi connectivity index (χ0n) is 21.8. The highest BCUT2D eigenvalue weighted by atomic mass is 19.4. The van der Waals surface area contributed by atoms with Crippen LogP contribution in [0.3, 0.4) is 0 Å². The van der Waals surface area contributed by atoms with E-state index in [0.717, 1.165) is 50.5 Å². The van der Waals surface area contributed by atoms with Crippen LogP contribution in [0.2, 0.25) is 0 Å². The maximum Gasteiger partial charge on any atom is 0.416 e. The van der Waals surface area contributed by atoms with Crippen molar-refractivity contribution in [1.29, 1.82) is 0 Å². The van der Waals surface area contributed by atoms with Crippen molar-refractivity contribution in [2.45, 2.75) is 75.4 Å². The van der Waals surface area contributed by atoms with E-state index < -0.39 is 23.3 Å². The van der Waals surface area contributed by atoms with Crippen LogP contribution in [0, 0.1) is 0 Å². The molecule has 4 rings (SSSR count). The first kappa shape index (κ1) is 28.2. The van der Waals surface area contributed by atoms with Crippen molar-refractivity contribution in [1.82, 2.24) is 20.4 Å². The van der Waals surface area contributed by atoms with Gasteiger partial charge in [0.25, 0.3) is 5.91 Å². The van der Waals surface area contributed by atoms with Crippen LogP contribution in [0.15, 0.2) is 59.9 Å². The smallest absolute Gasteiger partial charge is 0.384 e. The fourth-order valence-corrected chi connectivity index (χ4v) is 6.31. The molecule has 3 N–H and O–H groups in total. The SMILES string of the molecule is C=C/C(=C\C(=C/C)C(=O)NCC(=O)N1CCC2C1CCN2C1CCC(O)(C2=CC=CCN2)CC1)C(F)(F)F. The molecule has 2 saturated heterocycles. The first-order valence-corrected chi connectivity index (χ1v) is 13.3. The zero-order valence-corrected chi connectivity index (χ0v) is 21.8. The van der Waals surface area contributed by atoms with Crippen LogP contribution in [0.1, 0.15) is 45.4 Å². The molecular formula is C28H37F3N4O3. The normalized spacial score (nSPS) is 30.5. The molecular weight excluding hydrogens is 497 g/mol. The lowest BCUT2D eigenvalue weighted by molar-refractivity contribution is -0.132. The van der Waals surface area contributed by atoms with Crippen LogP contribution in [0.5, 0.6) is 0 Å². The van der Waals surface area contributed by atoms with Crippen LogP contribution in [-0.2, 0) is 9.59 Å². The second-order valence-electron chi connectivity index (χ2n) is 10.4. The second-order valence-corrected chi connectivity index (χ2v) is 10.4. The summed E-state index contributed by atoms with van der Waals surface area (Å²) in [5.41, 5.74) is -1.12. The van der Waals surface area contributed by atoms with Crippen LogP contribution in [0.4, 0.5) is 13.2 Å². The van der Waals surface area contributed by atoms with E-state index in [1.54, 1.807) is 0 Å². The third-order valence-corrected chi connectivity index (χ3v) is 8.33. The number of aliphatic hydroxyl groups is 1. The summed E-state index contributed by atoms with van der Waals surface area (Å²) < 4.78 is 39.1. The highest BCUT2D eigenvalue weighted by molar-refractivity contribution is 5.98. The number of nitrogens with zero attached hydrogens (tertiary/aromatic N) is 2. The van der Waals surface area contributed by atoms with Crippen LogP contribution in [0.25, 0.3) is 0 Å². The van der Waals surface area contributed by atoms with E-state index in [0.29, 0.717) is 31.5 Å². The Balaban J connectivity index is 1.30. The van der Waals surface area contributed by atoms with E-state index in [1.807, 2.05) is 23.1 Å². The molecule has 10 heteroatoms. The maximum atomic E-state index is 13.0. The molecule has 0 aromatic rings. The molecule has 3 fully saturated rings. The lowest BCUT2D eigenvalue weighted by Crippen LogP contribution is -2.49. The number of alkyl halides is 3. The highest BCUT2D eigenvalue weighted by Gasteiger charge is 2.48. The number of carbonyl (C=O) groups excluding carboxylic acids is 2. The van der Waals surface area contributed by atoms with Gasteiger partial charge in [0, 0.05) is 49.0 Å². The predicted molar refractivity (Wildman–Crippen MR) is 139 cm³/mol. The summed E-state index contributed by atoms with van der Waals surface area (Å²) >= 11 is 0. The Kier molecular flexibility index (Phi) is 8.52. The van der Waals surface area contributed by atoms with Crippen molar-refractivity contribution >= 4 is 11.8 Å². The first-order valence-electron chi connectivity index (χ1n) is 13.3. The molecule has 4 aliphatic rings. The lowest BCUT2D eigenvalue weighted by Gasteiger charge is -2.42. The summed E-state index contributed by atoms with van der Waals surface area (Å²) in [5, 5.41) is 17.0. The van der Waals surface area contributed by atoms with E-state index >= 15 is 0 Å². The Morgan fingerprint density at radius 3 is 2.53 bits per heavy atom. The Labute approximate surface area is 221 Å². The minimum absolute atomic E-state index is 0.0618. The van der Waals surface area contributed by atoms with Gasteiger partial charge in [0.05, 0.1) is 12.1 Å². The second kappa shape index (κ2) is 11.5. The van der Waals surface area contributed by atoms with Gasteiger partial charge in [-0.2, -0.15) is 13.2 Å². The summed E-state index contributed by atoms with van der Waals surface area (Å²) in [4.78, 5) is 29.8. The number of fused-ring (bicyclic) bond motifs is 1. The average molecular weight is 535 g/mol. The molecule has 0 radical (unpaired) electrons. The molecule has 1 saturated carbocycles. The third kappa shape index (κ3) is 5.91. The first-order chi connectivity index (χ1) is 18.1.